The number of aromatic nitrogens is 3. The standard InChI is InChI=1S/C10H9N3O3S2/c1-13-10(11-8(15)9(16)12-13)18-5-6(14)7-3-2-4-17-7/h2-4H,5H2,1H3,(H,12,16). The summed E-state index contributed by atoms with van der Waals surface area (Å²) < 4.78 is 1.33. The molecule has 0 saturated heterocycles. The van der Waals surface area contributed by atoms with Crippen molar-refractivity contribution in [3.63, 3.8) is 0 Å². The van der Waals surface area contributed by atoms with Gasteiger partial charge in [-0.25, -0.2) is 0 Å². The molecule has 0 aliphatic carbocycles. The maximum absolute atomic E-state index is 11.7. The molecule has 0 fully saturated rings. The van der Waals surface area contributed by atoms with E-state index in [-0.39, 0.29) is 11.5 Å². The van der Waals surface area contributed by atoms with Crippen LogP contribution in [0, 0.1) is 0 Å². The van der Waals surface area contributed by atoms with Crippen LogP contribution in [0.1, 0.15) is 9.67 Å². The highest BCUT2D eigenvalue weighted by Crippen LogP contribution is 2.16. The number of hydrogen-bond acceptors (Lipinski definition) is 6. The van der Waals surface area contributed by atoms with Crippen LogP contribution in [-0.2, 0) is 7.05 Å². The van der Waals surface area contributed by atoms with Crippen molar-refractivity contribution in [3.05, 3.63) is 43.1 Å². The predicted octanol–water partition coefficient (Wildman–Crippen LogP) is 0.505. The first kappa shape index (κ1) is 12.8. The summed E-state index contributed by atoms with van der Waals surface area (Å²) in [5, 5.41) is 4.46. The topological polar surface area (TPSA) is 84.8 Å². The van der Waals surface area contributed by atoms with Crippen LogP contribution in [0.25, 0.3) is 0 Å². The zero-order chi connectivity index (χ0) is 13.1. The average molecular weight is 283 g/mol. The quantitative estimate of drug-likeness (QED) is 0.502. The van der Waals surface area contributed by atoms with Crippen LogP contribution in [-0.4, -0.2) is 26.3 Å². The summed E-state index contributed by atoms with van der Waals surface area (Å²) in [6, 6.07) is 3.55. The van der Waals surface area contributed by atoms with Gasteiger partial charge in [-0.15, -0.1) is 11.3 Å². The summed E-state index contributed by atoms with van der Waals surface area (Å²) >= 11 is 2.48. The van der Waals surface area contributed by atoms with E-state index in [1.54, 1.807) is 19.2 Å². The van der Waals surface area contributed by atoms with Gasteiger partial charge < -0.3 is 0 Å². The molecule has 2 rings (SSSR count). The first-order chi connectivity index (χ1) is 8.58. The normalized spacial score (nSPS) is 10.5. The highest BCUT2D eigenvalue weighted by molar-refractivity contribution is 7.99. The molecule has 0 radical (unpaired) electrons. The number of aryl methyl sites for hydroxylation is 1. The molecule has 0 aliphatic rings. The number of nitrogens with zero attached hydrogens (tertiary/aromatic N) is 2. The molecule has 18 heavy (non-hydrogen) atoms. The van der Waals surface area contributed by atoms with Gasteiger partial charge in [0.1, 0.15) is 0 Å². The molecule has 6 nitrogen and oxygen atoms in total. The van der Waals surface area contributed by atoms with E-state index < -0.39 is 11.1 Å². The molecule has 0 bridgehead atoms. The van der Waals surface area contributed by atoms with Gasteiger partial charge in [0, 0.05) is 7.05 Å². The smallest absolute Gasteiger partial charge is 0.292 e. The molecule has 0 aromatic carbocycles. The number of aromatic amines is 1. The Labute approximate surface area is 110 Å². The SMILES string of the molecule is Cn1[nH]c(=O)c(=O)nc1SCC(=O)c1cccs1. The zero-order valence-electron chi connectivity index (χ0n) is 9.37. The lowest BCUT2D eigenvalue weighted by Crippen LogP contribution is -2.34. The number of carbonyl (C=O) groups excluding carboxylic acids is 1. The molecule has 2 aromatic heterocycles. The lowest BCUT2D eigenvalue weighted by Gasteiger charge is -2.04. The van der Waals surface area contributed by atoms with Gasteiger partial charge in [0.2, 0.25) is 0 Å². The van der Waals surface area contributed by atoms with Crippen molar-refractivity contribution >= 4 is 28.9 Å². The Hall–Kier alpha value is -1.67. The number of rotatable bonds is 4. The molecule has 8 heteroatoms. The molecule has 0 spiro atoms. The number of thiophene rings is 1. The van der Waals surface area contributed by atoms with Crippen LogP contribution in [0.15, 0.2) is 32.3 Å². The van der Waals surface area contributed by atoms with Gasteiger partial charge in [0.05, 0.1) is 10.6 Å². The summed E-state index contributed by atoms with van der Waals surface area (Å²) in [6.07, 6.45) is 0. The van der Waals surface area contributed by atoms with Crippen LogP contribution in [0.3, 0.4) is 0 Å². The van der Waals surface area contributed by atoms with Crippen molar-refractivity contribution in [2.24, 2.45) is 7.05 Å². The molecule has 0 aliphatic heterocycles. The second kappa shape index (κ2) is 5.32. The summed E-state index contributed by atoms with van der Waals surface area (Å²) in [5.41, 5.74) is -1.62. The van der Waals surface area contributed by atoms with Gasteiger partial charge in [-0.3, -0.25) is 24.2 Å². The summed E-state index contributed by atoms with van der Waals surface area (Å²) in [4.78, 5) is 38.1. The third kappa shape index (κ3) is 2.77. The van der Waals surface area contributed by atoms with E-state index in [2.05, 4.69) is 10.1 Å². The lowest BCUT2D eigenvalue weighted by molar-refractivity contribution is 0.102. The summed E-state index contributed by atoms with van der Waals surface area (Å²) in [5.74, 6) is 0.141. The van der Waals surface area contributed by atoms with Crippen LogP contribution in [0.2, 0.25) is 0 Å². The molecule has 2 aromatic rings. The Morgan fingerprint density at radius 3 is 3.00 bits per heavy atom. The highest BCUT2D eigenvalue weighted by Gasteiger charge is 2.10. The molecule has 94 valence electrons. The molecule has 2 heterocycles. The number of thioether (sulfide) groups is 1. The van der Waals surface area contributed by atoms with Gasteiger partial charge in [0.15, 0.2) is 10.9 Å². The first-order valence-corrected chi connectivity index (χ1v) is 6.81. The molecular formula is C10H9N3O3S2. The van der Waals surface area contributed by atoms with E-state index >= 15 is 0 Å². The van der Waals surface area contributed by atoms with Gasteiger partial charge in [-0.05, 0) is 11.4 Å². The van der Waals surface area contributed by atoms with Crippen molar-refractivity contribution in [1.82, 2.24) is 14.8 Å². The van der Waals surface area contributed by atoms with Crippen molar-refractivity contribution in [2.45, 2.75) is 5.16 Å². The van der Waals surface area contributed by atoms with E-state index in [9.17, 15) is 14.4 Å². The van der Waals surface area contributed by atoms with Gasteiger partial charge in [-0.1, -0.05) is 17.8 Å². The molecular weight excluding hydrogens is 274 g/mol. The van der Waals surface area contributed by atoms with Gasteiger partial charge in [-0.2, -0.15) is 4.98 Å². The third-order valence-electron chi connectivity index (χ3n) is 2.08. The van der Waals surface area contributed by atoms with Crippen LogP contribution < -0.4 is 11.1 Å². The predicted molar refractivity (Wildman–Crippen MR) is 69.5 cm³/mol. The fraction of sp³-hybridized carbons (Fsp3) is 0.200. The molecule has 0 unspecified atom stereocenters. The Morgan fingerprint density at radius 1 is 1.56 bits per heavy atom. The monoisotopic (exact) mass is 283 g/mol. The Bertz CT molecular complexity index is 672. The number of ketones is 1. The number of Topliss-reactive ketones (excluding diaryl/α,β-unsaturated/α-hetero) is 1. The van der Waals surface area contributed by atoms with E-state index in [4.69, 9.17) is 0 Å². The average Bonchev–Trinajstić information content (AvgIpc) is 2.85. The maximum Gasteiger partial charge on any atom is 0.339 e. The second-order valence-electron chi connectivity index (χ2n) is 3.39. The number of nitrogens with one attached hydrogen (secondary N) is 1. The lowest BCUT2D eigenvalue weighted by atomic mass is 10.4. The summed E-state index contributed by atoms with van der Waals surface area (Å²) in [6.45, 7) is 0. The minimum atomic E-state index is -0.848. The van der Waals surface area contributed by atoms with Crippen molar-refractivity contribution in [3.8, 4) is 0 Å². The molecule has 0 saturated carbocycles. The van der Waals surface area contributed by atoms with Gasteiger partial charge in [0.25, 0.3) is 0 Å². The van der Waals surface area contributed by atoms with Crippen LogP contribution >= 0.6 is 23.1 Å². The first-order valence-electron chi connectivity index (χ1n) is 4.95. The molecule has 0 atom stereocenters. The third-order valence-corrected chi connectivity index (χ3v) is 4.02. The number of carbonyl (C=O) groups is 1. The fourth-order valence-corrected chi connectivity index (χ4v) is 2.79. The zero-order valence-corrected chi connectivity index (χ0v) is 11.0. The Balaban J connectivity index is 2.12. The minimum absolute atomic E-state index is 0.0320. The van der Waals surface area contributed by atoms with Crippen molar-refractivity contribution in [2.75, 3.05) is 5.75 Å². The Morgan fingerprint density at radius 2 is 2.33 bits per heavy atom. The van der Waals surface area contributed by atoms with E-state index in [0.29, 0.717) is 10.0 Å². The van der Waals surface area contributed by atoms with Crippen LogP contribution in [0.5, 0.6) is 0 Å². The molecule has 1 N–H and O–H groups in total. The van der Waals surface area contributed by atoms with Gasteiger partial charge >= 0.3 is 11.1 Å². The Kier molecular flexibility index (Phi) is 3.78. The van der Waals surface area contributed by atoms with E-state index in [1.165, 1.54) is 16.0 Å². The minimum Gasteiger partial charge on any atom is -0.292 e. The molecule has 0 amide bonds. The van der Waals surface area contributed by atoms with E-state index in [1.807, 2.05) is 5.38 Å². The second-order valence-corrected chi connectivity index (χ2v) is 5.28. The fourth-order valence-electron chi connectivity index (χ4n) is 1.23. The summed E-state index contributed by atoms with van der Waals surface area (Å²) in [7, 11) is 1.56. The largest absolute Gasteiger partial charge is 0.339 e. The highest BCUT2D eigenvalue weighted by atomic mass is 32.2. The number of hydrogen-bond donors (Lipinski definition) is 1. The van der Waals surface area contributed by atoms with Crippen molar-refractivity contribution in [1.29, 1.82) is 0 Å². The van der Waals surface area contributed by atoms with E-state index in [0.717, 1.165) is 11.8 Å². The van der Waals surface area contributed by atoms with Crippen LogP contribution in [0.4, 0.5) is 0 Å². The number of H-pyrrole nitrogens is 1. The maximum atomic E-state index is 11.7. The van der Waals surface area contributed by atoms with Crippen molar-refractivity contribution < 1.29 is 4.79 Å².